The molecule has 0 unspecified atom stereocenters. The summed E-state index contributed by atoms with van der Waals surface area (Å²) in [6.07, 6.45) is 0. The van der Waals surface area contributed by atoms with Crippen molar-refractivity contribution in [2.24, 2.45) is 0 Å². The molecule has 0 fully saturated rings. The van der Waals surface area contributed by atoms with Crippen molar-refractivity contribution in [3.05, 3.63) is 0 Å². The van der Waals surface area contributed by atoms with E-state index in [0.717, 1.165) is 0 Å². The van der Waals surface area contributed by atoms with Crippen molar-refractivity contribution in [1.82, 2.24) is 0 Å². The van der Waals surface area contributed by atoms with Gasteiger partial charge in [0.2, 0.25) is 0 Å². The second kappa shape index (κ2) is 1.65. The van der Waals surface area contributed by atoms with Crippen LogP contribution in [0.3, 0.4) is 0 Å². The van der Waals surface area contributed by atoms with Crippen LogP contribution in [-0.4, -0.2) is 5.25 Å². The fraction of sp³-hybridized carbons (Fsp3) is 1.00. The van der Waals surface area contributed by atoms with E-state index in [1.807, 2.05) is 0 Å². The largest absolute Gasteiger partial charge is 0.177 e. The maximum absolute atomic E-state index is 6.69. The zero-order valence-electron chi connectivity index (χ0n) is 8.02. The van der Waals surface area contributed by atoms with Crippen molar-refractivity contribution in [3.8, 4) is 0 Å². The van der Waals surface area contributed by atoms with Gasteiger partial charge in [0.25, 0.3) is 0 Å². The van der Waals surface area contributed by atoms with Crippen LogP contribution in [-0.2, 0) is 0 Å². The SMILES string of the molecule is [2H]C([2H])([2H])C(S)C([2H])([2H])[2H]. The number of hydrogen-bond acceptors (Lipinski definition) is 1. The van der Waals surface area contributed by atoms with Crippen LogP contribution in [0.2, 0.25) is 0 Å². The molecule has 0 aliphatic heterocycles. The molecular weight excluding hydrogens is 68.1 g/mol. The lowest BCUT2D eigenvalue weighted by Crippen LogP contribution is -1.71. The molecule has 0 spiro atoms. The first-order chi connectivity index (χ1) is 4.15. The zero-order valence-corrected chi connectivity index (χ0v) is 2.92. The average Bonchev–Trinajstić information content (AvgIpc) is 1.59. The van der Waals surface area contributed by atoms with Crippen molar-refractivity contribution >= 4 is 12.6 Å². The molecule has 0 saturated carbocycles. The summed E-state index contributed by atoms with van der Waals surface area (Å²) in [6.45, 7) is -5.01. The van der Waals surface area contributed by atoms with Gasteiger partial charge in [0.05, 0.1) is 0 Å². The summed E-state index contributed by atoms with van der Waals surface area (Å²) < 4.78 is 40.1. The summed E-state index contributed by atoms with van der Waals surface area (Å²) in [6, 6.07) is 0. The molecule has 0 rings (SSSR count). The van der Waals surface area contributed by atoms with E-state index >= 15 is 0 Å². The van der Waals surface area contributed by atoms with E-state index in [4.69, 9.17) is 8.22 Å². The fourth-order valence-corrected chi connectivity index (χ4v) is 0. The second-order valence-corrected chi connectivity index (χ2v) is 0.919. The lowest BCUT2D eigenvalue weighted by Gasteiger charge is -1.78. The van der Waals surface area contributed by atoms with Crippen molar-refractivity contribution in [1.29, 1.82) is 0 Å². The average molecular weight is 82.2 g/mol. The van der Waals surface area contributed by atoms with E-state index < -0.39 is 19.0 Å². The minimum absolute atomic E-state index is 1.54. The summed E-state index contributed by atoms with van der Waals surface area (Å²) in [5.41, 5.74) is 0. The number of thiol groups is 1. The van der Waals surface area contributed by atoms with Gasteiger partial charge in [-0.25, -0.2) is 0 Å². The van der Waals surface area contributed by atoms with Crippen LogP contribution < -0.4 is 0 Å². The molecule has 0 aromatic rings. The maximum atomic E-state index is 6.69. The van der Waals surface area contributed by atoms with E-state index in [9.17, 15) is 0 Å². The zero-order chi connectivity index (χ0) is 8.58. The van der Waals surface area contributed by atoms with Crippen LogP contribution in [0.4, 0.5) is 0 Å². The normalized spacial score (nSPS) is 37.5. The Morgan fingerprint density at radius 1 is 2.00 bits per heavy atom. The van der Waals surface area contributed by atoms with Crippen molar-refractivity contribution in [2.75, 3.05) is 0 Å². The molecule has 0 aromatic carbocycles. The van der Waals surface area contributed by atoms with E-state index in [2.05, 4.69) is 12.6 Å². The van der Waals surface area contributed by atoms with Gasteiger partial charge in [-0.3, -0.25) is 0 Å². The summed E-state index contributed by atoms with van der Waals surface area (Å²) in [4.78, 5) is 0. The summed E-state index contributed by atoms with van der Waals surface area (Å²) in [7, 11) is 0. The Balaban J connectivity index is 4.23. The molecule has 0 atom stereocenters. The third kappa shape index (κ3) is 35.0. The van der Waals surface area contributed by atoms with Crippen LogP contribution in [0.5, 0.6) is 0 Å². The highest BCUT2D eigenvalue weighted by molar-refractivity contribution is 7.80. The van der Waals surface area contributed by atoms with Gasteiger partial charge in [-0.2, -0.15) is 12.6 Å². The Kier molecular flexibility index (Phi) is 0.230. The molecule has 0 heterocycles. The Morgan fingerprint density at radius 2 is 2.50 bits per heavy atom. The summed E-state index contributed by atoms with van der Waals surface area (Å²) >= 11 is 3.47. The van der Waals surface area contributed by atoms with Gasteiger partial charge in [-0.15, -0.1) is 0 Å². The lowest BCUT2D eigenvalue weighted by atomic mass is 10.6. The molecule has 26 valence electrons. The molecule has 1 heteroatoms. The quantitative estimate of drug-likeness (QED) is 0.419. The van der Waals surface area contributed by atoms with Gasteiger partial charge in [0.15, 0.2) is 0 Å². The Labute approximate surface area is 41.1 Å². The highest BCUT2D eigenvalue weighted by Gasteiger charge is 1.69. The lowest BCUT2D eigenvalue weighted by molar-refractivity contribution is 1.13. The standard InChI is InChI=1S/C3H8S/c1-3(2)4/h3-4H,1-2H3/i1D3,2D3. The predicted molar refractivity (Wildman–Crippen MR) is 24.1 cm³/mol. The van der Waals surface area contributed by atoms with Gasteiger partial charge in [-0.1, -0.05) is 13.7 Å². The van der Waals surface area contributed by atoms with Crippen LogP contribution in [0.1, 0.15) is 21.9 Å². The predicted octanol–water partition coefficient (Wildman–Crippen LogP) is 1.32. The molecule has 0 aliphatic carbocycles. The molecule has 0 bridgehead atoms. The number of hydrogen-bond donors (Lipinski definition) is 1. The van der Waals surface area contributed by atoms with Crippen LogP contribution in [0.25, 0.3) is 0 Å². The molecule has 0 aromatic heterocycles. The van der Waals surface area contributed by atoms with E-state index in [0.29, 0.717) is 0 Å². The van der Waals surface area contributed by atoms with E-state index in [1.165, 1.54) is 0 Å². The van der Waals surface area contributed by atoms with Gasteiger partial charge >= 0.3 is 0 Å². The fourth-order valence-electron chi connectivity index (χ4n) is 0. The van der Waals surface area contributed by atoms with Crippen LogP contribution in [0.15, 0.2) is 0 Å². The van der Waals surface area contributed by atoms with Crippen LogP contribution in [0, 0.1) is 0 Å². The molecule has 0 nitrogen and oxygen atoms in total. The molecular formula is C3H8S. The highest BCUT2D eigenvalue weighted by atomic mass is 32.1. The molecule has 4 heavy (non-hydrogen) atoms. The first kappa shape index (κ1) is 0.558. The molecule has 0 amide bonds. The van der Waals surface area contributed by atoms with Crippen molar-refractivity contribution in [3.63, 3.8) is 0 Å². The third-order valence-electron chi connectivity index (χ3n) is 0. The van der Waals surface area contributed by atoms with Crippen molar-refractivity contribution < 1.29 is 8.22 Å². The molecule has 0 aliphatic rings. The third-order valence-corrected chi connectivity index (χ3v) is 0. The van der Waals surface area contributed by atoms with Gasteiger partial charge in [0.1, 0.15) is 0 Å². The Morgan fingerprint density at radius 3 is 2.50 bits per heavy atom. The molecule has 0 saturated heterocycles. The minimum Gasteiger partial charge on any atom is -0.177 e. The molecule has 0 N–H and O–H groups in total. The first-order valence-electron chi connectivity index (χ1n) is 3.84. The monoisotopic (exact) mass is 82.1 g/mol. The minimum atomic E-state index is -2.51. The van der Waals surface area contributed by atoms with E-state index in [1.54, 1.807) is 0 Å². The maximum Gasteiger partial charge on any atom is 0.0241 e. The smallest absolute Gasteiger partial charge is 0.0241 e. The Bertz CT molecular complexity index is 97.1. The Hall–Kier alpha value is 0.350. The highest BCUT2D eigenvalue weighted by Crippen LogP contribution is 1.83. The second-order valence-electron chi connectivity index (χ2n) is 0.403. The van der Waals surface area contributed by atoms with Gasteiger partial charge in [0, 0.05) is 8.22 Å². The molecule has 0 radical (unpaired) electrons. The summed E-state index contributed by atoms with van der Waals surface area (Å²) in [5.74, 6) is 0. The van der Waals surface area contributed by atoms with Crippen LogP contribution >= 0.6 is 12.6 Å². The van der Waals surface area contributed by atoms with Gasteiger partial charge < -0.3 is 0 Å². The van der Waals surface area contributed by atoms with Crippen molar-refractivity contribution in [2.45, 2.75) is 19.0 Å². The number of rotatable bonds is 0. The van der Waals surface area contributed by atoms with E-state index in [-0.39, 0.29) is 0 Å². The topological polar surface area (TPSA) is 0 Å². The first-order valence-corrected chi connectivity index (χ1v) is 1.35. The summed E-state index contributed by atoms with van der Waals surface area (Å²) in [5, 5.41) is -1.54. The van der Waals surface area contributed by atoms with Gasteiger partial charge in [-0.05, 0) is 5.25 Å².